The molecular formula is C22H21N3O3S. The van der Waals surface area contributed by atoms with Crippen molar-refractivity contribution in [3.05, 3.63) is 64.7 Å². The van der Waals surface area contributed by atoms with Gasteiger partial charge in [0.2, 0.25) is 0 Å². The zero-order valence-corrected chi connectivity index (χ0v) is 17.3. The molecule has 4 aromatic rings. The minimum atomic E-state index is -0.254. The van der Waals surface area contributed by atoms with Crippen LogP contribution in [0.5, 0.6) is 0 Å². The van der Waals surface area contributed by atoms with E-state index < -0.39 is 0 Å². The van der Waals surface area contributed by atoms with Crippen molar-refractivity contribution >= 4 is 33.2 Å². The molecule has 0 aliphatic heterocycles. The molecule has 29 heavy (non-hydrogen) atoms. The van der Waals surface area contributed by atoms with E-state index in [9.17, 15) is 9.59 Å². The summed E-state index contributed by atoms with van der Waals surface area (Å²) in [6, 6.07) is 11.6. The maximum atomic E-state index is 12.7. The number of H-pyrrole nitrogens is 1. The van der Waals surface area contributed by atoms with E-state index in [1.54, 1.807) is 11.3 Å². The molecule has 1 aromatic carbocycles. The van der Waals surface area contributed by atoms with Crippen molar-refractivity contribution in [1.82, 2.24) is 15.3 Å². The Bertz CT molecular complexity index is 1180. The van der Waals surface area contributed by atoms with Gasteiger partial charge in [-0.15, -0.1) is 11.3 Å². The highest BCUT2D eigenvalue weighted by Gasteiger charge is 2.21. The van der Waals surface area contributed by atoms with E-state index >= 15 is 0 Å². The number of fused-ring (bicyclic) bond motifs is 1. The highest BCUT2D eigenvalue weighted by molar-refractivity contribution is 7.21. The second-order valence-corrected chi connectivity index (χ2v) is 7.85. The standard InChI is InChI=1S/C22H21N3O3S/c1-4-15-19(13(3)26)12(2)24-20(15)21(27)23-11-14-9-10-17(28-14)22-25-16-7-5-6-8-18(16)29-22/h5-10,24H,4,11H2,1-3H3,(H,23,27). The number of nitrogens with zero attached hydrogens (tertiary/aromatic N) is 1. The summed E-state index contributed by atoms with van der Waals surface area (Å²) in [5.41, 5.74) is 3.45. The summed E-state index contributed by atoms with van der Waals surface area (Å²) in [5, 5.41) is 3.68. The van der Waals surface area contributed by atoms with Gasteiger partial charge in [-0.05, 0) is 50.1 Å². The maximum Gasteiger partial charge on any atom is 0.268 e. The molecule has 1 amide bonds. The molecule has 0 aliphatic rings. The number of furan rings is 1. The van der Waals surface area contributed by atoms with E-state index in [-0.39, 0.29) is 18.2 Å². The Balaban J connectivity index is 1.49. The number of aryl methyl sites for hydroxylation is 1. The van der Waals surface area contributed by atoms with Gasteiger partial charge >= 0.3 is 0 Å². The summed E-state index contributed by atoms with van der Waals surface area (Å²) < 4.78 is 6.98. The Morgan fingerprint density at radius 2 is 2.00 bits per heavy atom. The predicted molar refractivity (Wildman–Crippen MR) is 113 cm³/mol. The van der Waals surface area contributed by atoms with Gasteiger partial charge in [-0.3, -0.25) is 9.59 Å². The normalized spacial score (nSPS) is 11.1. The molecular weight excluding hydrogens is 386 g/mol. The summed E-state index contributed by atoms with van der Waals surface area (Å²) >= 11 is 1.57. The van der Waals surface area contributed by atoms with Crippen LogP contribution in [0.25, 0.3) is 21.0 Å². The summed E-state index contributed by atoms with van der Waals surface area (Å²) in [5.74, 6) is 1.02. The Labute approximate surface area is 172 Å². The topological polar surface area (TPSA) is 88.0 Å². The van der Waals surface area contributed by atoms with Crippen molar-refractivity contribution in [3.8, 4) is 10.8 Å². The third kappa shape index (κ3) is 3.61. The van der Waals surface area contributed by atoms with Gasteiger partial charge in [-0.1, -0.05) is 19.1 Å². The molecule has 3 aromatic heterocycles. The fourth-order valence-corrected chi connectivity index (χ4v) is 4.45. The van der Waals surface area contributed by atoms with Crippen LogP contribution >= 0.6 is 11.3 Å². The number of rotatable bonds is 6. The zero-order valence-electron chi connectivity index (χ0n) is 16.5. The van der Waals surface area contributed by atoms with Crippen LogP contribution in [0.2, 0.25) is 0 Å². The molecule has 0 bridgehead atoms. The SMILES string of the molecule is CCc1c(C(=O)NCc2ccc(-c3nc4ccccc4s3)o2)[nH]c(C)c1C(C)=O. The second-order valence-electron chi connectivity index (χ2n) is 6.82. The zero-order chi connectivity index (χ0) is 20.5. The van der Waals surface area contributed by atoms with Crippen molar-refractivity contribution in [3.63, 3.8) is 0 Å². The van der Waals surface area contributed by atoms with E-state index in [0.717, 1.165) is 26.5 Å². The number of hydrogen-bond donors (Lipinski definition) is 2. The maximum absolute atomic E-state index is 12.7. The van der Waals surface area contributed by atoms with Gasteiger partial charge < -0.3 is 14.7 Å². The largest absolute Gasteiger partial charge is 0.457 e. The molecule has 0 fully saturated rings. The van der Waals surface area contributed by atoms with Crippen LogP contribution < -0.4 is 5.32 Å². The van der Waals surface area contributed by atoms with E-state index in [1.807, 2.05) is 50.2 Å². The molecule has 6 nitrogen and oxygen atoms in total. The van der Waals surface area contributed by atoms with Gasteiger partial charge in [-0.25, -0.2) is 4.98 Å². The van der Waals surface area contributed by atoms with Crippen molar-refractivity contribution in [2.75, 3.05) is 0 Å². The molecule has 0 saturated carbocycles. The quantitative estimate of drug-likeness (QED) is 0.446. The molecule has 0 saturated heterocycles. The Kier molecular flexibility index (Phi) is 5.07. The lowest BCUT2D eigenvalue weighted by Gasteiger charge is -2.05. The first kappa shape index (κ1) is 19.1. The predicted octanol–water partition coefficient (Wildman–Crippen LogP) is 4.89. The third-order valence-corrected chi connectivity index (χ3v) is 5.86. The number of aromatic amines is 1. The minimum Gasteiger partial charge on any atom is -0.457 e. The average Bonchev–Trinajstić information content (AvgIpc) is 3.41. The highest BCUT2D eigenvalue weighted by Crippen LogP contribution is 2.31. The van der Waals surface area contributed by atoms with E-state index in [4.69, 9.17) is 4.42 Å². The van der Waals surface area contributed by atoms with Crippen LogP contribution in [-0.4, -0.2) is 21.7 Å². The lowest BCUT2D eigenvalue weighted by atomic mass is 10.0. The van der Waals surface area contributed by atoms with Crippen LogP contribution in [0.4, 0.5) is 0 Å². The Hall–Kier alpha value is -3.19. The van der Waals surface area contributed by atoms with Crippen molar-refractivity contribution in [1.29, 1.82) is 0 Å². The number of amides is 1. The molecule has 0 radical (unpaired) electrons. The number of Topliss-reactive ketones (excluding diaryl/α,β-unsaturated/α-hetero) is 1. The molecule has 0 spiro atoms. The Morgan fingerprint density at radius 3 is 2.72 bits per heavy atom. The van der Waals surface area contributed by atoms with Crippen molar-refractivity contribution < 1.29 is 14.0 Å². The minimum absolute atomic E-state index is 0.0406. The number of thiazole rings is 1. The molecule has 3 heterocycles. The fraction of sp³-hybridized carbons (Fsp3) is 0.227. The summed E-state index contributed by atoms with van der Waals surface area (Å²) in [6.45, 7) is 5.51. The van der Waals surface area contributed by atoms with Crippen molar-refractivity contribution in [2.45, 2.75) is 33.7 Å². The lowest BCUT2D eigenvalue weighted by Crippen LogP contribution is -2.24. The number of benzene rings is 1. The first-order valence-corrected chi connectivity index (χ1v) is 10.2. The molecule has 0 atom stereocenters. The van der Waals surface area contributed by atoms with Crippen LogP contribution in [0, 0.1) is 6.92 Å². The number of aromatic nitrogens is 2. The van der Waals surface area contributed by atoms with Gasteiger partial charge in [0, 0.05) is 11.3 Å². The third-order valence-electron chi connectivity index (χ3n) is 4.81. The molecule has 148 valence electrons. The molecule has 2 N–H and O–H groups in total. The van der Waals surface area contributed by atoms with Crippen LogP contribution in [0.15, 0.2) is 40.8 Å². The van der Waals surface area contributed by atoms with E-state index in [0.29, 0.717) is 29.2 Å². The van der Waals surface area contributed by atoms with E-state index in [2.05, 4.69) is 15.3 Å². The molecule has 4 rings (SSSR count). The fourth-order valence-electron chi connectivity index (χ4n) is 3.52. The summed E-state index contributed by atoms with van der Waals surface area (Å²) in [4.78, 5) is 32.2. The van der Waals surface area contributed by atoms with Gasteiger partial charge in [0.05, 0.1) is 16.8 Å². The average molecular weight is 407 g/mol. The number of ketones is 1. The number of para-hydroxylation sites is 1. The summed E-state index contributed by atoms with van der Waals surface area (Å²) in [7, 11) is 0. The molecule has 0 unspecified atom stereocenters. The highest BCUT2D eigenvalue weighted by atomic mass is 32.1. The number of carbonyl (C=O) groups excluding carboxylic acids is 2. The first-order valence-electron chi connectivity index (χ1n) is 9.43. The van der Waals surface area contributed by atoms with Gasteiger partial charge in [0.1, 0.15) is 11.5 Å². The molecule has 7 heteroatoms. The van der Waals surface area contributed by atoms with Crippen LogP contribution in [0.3, 0.4) is 0 Å². The summed E-state index contributed by atoms with van der Waals surface area (Å²) in [6.07, 6.45) is 0.602. The van der Waals surface area contributed by atoms with Crippen molar-refractivity contribution in [2.24, 2.45) is 0 Å². The van der Waals surface area contributed by atoms with Gasteiger partial charge in [0.25, 0.3) is 5.91 Å². The van der Waals surface area contributed by atoms with Crippen LogP contribution in [0.1, 0.15) is 51.7 Å². The smallest absolute Gasteiger partial charge is 0.268 e. The first-order chi connectivity index (χ1) is 14.0. The Morgan fingerprint density at radius 1 is 1.21 bits per heavy atom. The van der Waals surface area contributed by atoms with E-state index in [1.165, 1.54) is 6.92 Å². The van der Waals surface area contributed by atoms with Crippen LogP contribution in [-0.2, 0) is 13.0 Å². The van der Waals surface area contributed by atoms with Gasteiger partial charge in [0.15, 0.2) is 16.6 Å². The monoisotopic (exact) mass is 407 g/mol. The number of nitrogens with one attached hydrogen (secondary N) is 2. The molecule has 0 aliphatic carbocycles. The number of hydrogen-bond acceptors (Lipinski definition) is 5. The second kappa shape index (κ2) is 7.67. The van der Waals surface area contributed by atoms with Gasteiger partial charge in [-0.2, -0.15) is 0 Å². The number of carbonyl (C=O) groups is 2. The lowest BCUT2D eigenvalue weighted by molar-refractivity contribution is 0.0942.